The zero-order chi connectivity index (χ0) is 11.2. The summed E-state index contributed by atoms with van der Waals surface area (Å²) in [5.41, 5.74) is 0.970. The van der Waals surface area contributed by atoms with E-state index in [9.17, 15) is 9.90 Å². The van der Waals surface area contributed by atoms with Gasteiger partial charge >= 0.3 is 0 Å². The SMILES string of the molecule is CN1C(=O)C(C)(C)Nc2ccc(O)cc21. The number of hydrogen-bond donors (Lipinski definition) is 2. The van der Waals surface area contributed by atoms with Gasteiger partial charge in [0.25, 0.3) is 5.91 Å². The van der Waals surface area contributed by atoms with Gasteiger partial charge in [-0.25, -0.2) is 0 Å². The number of amides is 1. The number of anilines is 2. The largest absolute Gasteiger partial charge is 0.508 e. The van der Waals surface area contributed by atoms with E-state index in [0.717, 1.165) is 5.69 Å². The minimum atomic E-state index is -0.598. The fraction of sp³-hybridized carbons (Fsp3) is 0.364. The first-order valence-electron chi connectivity index (χ1n) is 4.81. The van der Waals surface area contributed by atoms with Crippen LogP contribution in [0.4, 0.5) is 11.4 Å². The molecule has 4 nitrogen and oxygen atoms in total. The maximum absolute atomic E-state index is 11.9. The topological polar surface area (TPSA) is 52.6 Å². The quantitative estimate of drug-likeness (QED) is 0.633. The minimum absolute atomic E-state index is 0.0133. The van der Waals surface area contributed by atoms with Crippen molar-refractivity contribution >= 4 is 17.3 Å². The van der Waals surface area contributed by atoms with Gasteiger partial charge in [0.05, 0.1) is 11.4 Å². The third-order valence-corrected chi connectivity index (χ3v) is 2.63. The van der Waals surface area contributed by atoms with Gasteiger partial charge < -0.3 is 15.3 Å². The molecule has 1 aromatic rings. The van der Waals surface area contributed by atoms with Crippen LogP contribution in [0, 0.1) is 0 Å². The third kappa shape index (κ3) is 1.42. The van der Waals surface area contributed by atoms with Crippen molar-refractivity contribution in [2.45, 2.75) is 19.4 Å². The summed E-state index contributed by atoms with van der Waals surface area (Å²) in [5.74, 6) is 0.149. The molecular formula is C11H14N2O2. The molecule has 0 fully saturated rings. The summed E-state index contributed by atoms with van der Waals surface area (Å²) >= 11 is 0. The van der Waals surface area contributed by atoms with E-state index >= 15 is 0 Å². The Bertz CT molecular complexity index is 427. The van der Waals surface area contributed by atoms with Crippen molar-refractivity contribution < 1.29 is 9.90 Å². The van der Waals surface area contributed by atoms with Crippen molar-refractivity contribution in [2.75, 3.05) is 17.3 Å². The van der Waals surface area contributed by atoms with Gasteiger partial charge in [0.15, 0.2) is 0 Å². The first-order valence-corrected chi connectivity index (χ1v) is 4.81. The lowest BCUT2D eigenvalue weighted by Gasteiger charge is -2.38. The monoisotopic (exact) mass is 206 g/mol. The van der Waals surface area contributed by atoms with E-state index < -0.39 is 5.54 Å². The molecule has 4 heteroatoms. The molecule has 0 radical (unpaired) electrons. The molecule has 0 aliphatic carbocycles. The molecule has 1 heterocycles. The number of nitrogens with zero attached hydrogens (tertiary/aromatic N) is 1. The van der Waals surface area contributed by atoms with Crippen LogP contribution >= 0.6 is 0 Å². The number of aromatic hydroxyl groups is 1. The second-order valence-corrected chi connectivity index (χ2v) is 4.32. The Morgan fingerprint density at radius 3 is 2.73 bits per heavy atom. The normalized spacial score (nSPS) is 18.3. The number of phenols is 1. The number of carbonyl (C=O) groups is 1. The second-order valence-electron chi connectivity index (χ2n) is 4.32. The molecule has 0 aromatic heterocycles. The average molecular weight is 206 g/mol. The highest BCUT2D eigenvalue weighted by Gasteiger charge is 2.36. The van der Waals surface area contributed by atoms with E-state index in [0.29, 0.717) is 5.69 Å². The van der Waals surface area contributed by atoms with Crippen LogP contribution in [0.3, 0.4) is 0 Å². The van der Waals surface area contributed by atoms with Crippen LogP contribution in [0.25, 0.3) is 0 Å². The van der Waals surface area contributed by atoms with Gasteiger partial charge in [-0.2, -0.15) is 0 Å². The van der Waals surface area contributed by atoms with Crippen LogP contribution in [0.1, 0.15) is 13.8 Å². The zero-order valence-electron chi connectivity index (χ0n) is 9.03. The van der Waals surface area contributed by atoms with Gasteiger partial charge in [-0.3, -0.25) is 4.79 Å². The smallest absolute Gasteiger partial charge is 0.251 e. The number of likely N-dealkylation sites (N-methyl/N-ethyl adjacent to an activating group) is 1. The number of benzene rings is 1. The number of hydrogen-bond acceptors (Lipinski definition) is 3. The summed E-state index contributed by atoms with van der Waals surface area (Å²) in [5, 5.41) is 12.5. The molecule has 2 N–H and O–H groups in total. The lowest BCUT2D eigenvalue weighted by Crippen LogP contribution is -2.52. The van der Waals surface area contributed by atoms with Crippen molar-refractivity contribution in [3.05, 3.63) is 18.2 Å². The number of rotatable bonds is 0. The average Bonchev–Trinajstić information content (AvgIpc) is 2.16. The van der Waals surface area contributed by atoms with Crippen molar-refractivity contribution in [3.63, 3.8) is 0 Å². The zero-order valence-corrected chi connectivity index (χ0v) is 9.03. The standard InChI is InChI=1S/C11H14N2O2/c1-11(2)10(15)13(3)9-6-7(14)4-5-8(9)12-11/h4-6,12,14H,1-3H3. The number of fused-ring (bicyclic) bond motifs is 1. The first kappa shape index (κ1) is 9.83. The molecule has 0 saturated heterocycles. The molecule has 1 aliphatic rings. The fourth-order valence-electron chi connectivity index (χ4n) is 1.82. The summed E-state index contributed by atoms with van der Waals surface area (Å²) in [6.07, 6.45) is 0. The molecule has 0 saturated carbocycles. The predicted octanol–water partition coefficient (Wildman–Crippen LogP) is 1.56. The van der Waals surface area contributed by atoms with Crippen LogP contribution in [-0.4, -0.2) is 23.6 Å². The van der Waals surface area contributed by atoms with Gasteiger partial charge in [0.1, 0.15) is 11.3 Å². The fourth-order valence-corrected chi connectivity index (χ4v) is 1.82. The molecule has 1 amide bonds. The molecule has 1 aromatic carbocycles. The van der Waals surface area contributed by atoms with E-state index in [4.69, 9.17) is 0 Å². The molecule has 15 heavy (non-hydrogen) atoms. The van der Waals surface area contributed by atoms with E-state index in [1.807, 2.05) is 13.8 Å². The Morgan fingerprint density at radius 2 is 2.07 bits per heavy atom. The Labute approximate surface area is 88.5 Å². The predicted molar refractivity (Wildman–Crippen MR) is 59.2 cm³/mol. The van der Waals surface area contributed by atoms with Crippen LogP contribution < -0.4 is 10.2 Å². The first-order chi connectivity index (χ1) is 6.92. The summed E-state index contributed by atoms with van der Waals surface area (Å²) in [4.78, 5) is 13.5. The van der Waals surface area contributed by atoms with Gasteiger partial charge in [-0.15, -0.1) is 0 Å². The van der Waals surface area contributed by atoms with E-state index in [1.165, 1.54) is 0 Å². The van der Waals surface area contributed by atoms with Crippen molar-refractivity contribution in [2.24, 2.45) is 0 Å². The number of carbonyl (C=O) groups excluding carboxylic acids is 1. The summed E-state index contributed by atoms with van der Waals surface area (Å²) in [6.45, 7) is 3.67. The van der Waals surface area contributed by atoms with Crippen molar-refractivity contribution in [1.29, 1.82) is 0 Å². The second kappa shape index (κ2) is 2.89. The van der Waals surface area contributed by atoms with E-state index in [1.54, 1.807) is 30.1 Å². The van der Waals surface area contributed by atoms with Crippen LogP contribution in [0.5, 0.6) is 5.75 Å². The van der Waals surface area contributed by atoms with E-state index in [2.05, 4.69) is 5.32 Å². The summed E-state index contributed by atoms with van der Waals surface area (Å²) in [6, 6.07) is 4.95. The van der Waals surface area contributed by atoms with Crippen LogP contribution in [0.2, 0.25) is 0 Å². The maximum Gasteiger partial charge on any atom is 0.251 e. The summed E-state index contributed by atoms with van der Waals surface area (Å²) < 4.78 is 0. The van der Waals surface area contributed by atoms with Crippen LogP contribution in [-0.2, 0) is 4.79 Å². The molecular weight excluding hydrogens is 192 g/mol. The van der Waals surface area contributed by atoms with Gasteiger partial charge in [-0.1, -0.05) is 0 Å². The highest BCUT2D eigenvalue weighted by atomic mass is 16.3. The Hall–Kier alpha value is -1.71. The highest BCUT2D eigenvalue weighted by Crippen LogP contribution is 2.36. The Balaban J connectivity index is 2.55. The lowest BCUT2D eigenvalue weighted by molar-refractivity contribution is -0.121. The summed E-state index contributed by atoms with van der Waals surface area (Å²) in [7, 11) is 1.71. The van der Waals surface area contributed by atoms with Gasteiger partial charge in [-0.05, 0) is 26.0 Å². The molecule has 0 atom stereocenters. The molecule has 2 rings (SSSR count). The molecule has 80 valence electrons. The van der Waals surface area contributed by atoms with Gasteiger partial charge in [0.2, 0.25) is 0 Å². The highest BCUT2D eigenvalue weighted by molar-refractivity contribution is 6.07. The van der Waals surface area contributed by atoms with Gasteiger partial charge in [0, 0.05) is 13.1 Å². The maximum atomic E-state index is 11.9. The molecule has 1 aliphatic heterocycles. The minimum Gasteiger partial charge on any atom is -0.508 e. The molecule has 0 bridgehead atoms. The number of nitrogens with one attached hydrogen (secondary N) is 1. The van der Waals surface area contributed by atoms with E-state index in [-0.39, 0.29) is 11.7 Å². The molecule has 0 spiro atoms. The van der Waals surface area contributed by atoms with Crippen molar-refractivity contribution in [3.8, 4) is 5.75 Å². The Morgan fingerprint density at radius 1 is 1.40 bits per heavy atom. The lowest BCUT2D eigenvalue weighted by atomic mass is 9.98. The Kier molecular flexibility index (Phi) is 1.89. The number of phenolic OH excluding ortho intramolecular Hbond substituents is 1. The van der Waals surface area contributed by atoms with Crippen molar-refractivity contribution in [1.82, 2.24) is 0 Å². The molecule has 0 unspecified atom stereocenters. The third-order valence-electron chi connectivity index (χ3n) is 2.63. The van der Waals surface area contributed by atoms with Crippen LogP contribution in [0.15, 0.2) is 18.2 Å².